The van der Waals surface area contributed by atoms with Gasteiger partial charge < -0.3 is 5.11 Å². The molecule has 0 unspecified atom stereocenters. The number of rotatable bonds is 5. The Labute approximate surface area is 118 Å². The van der Waals surface area contributed by atoms with Gasteiger partial charge in [0, 0.05) is 18.5 Å². The molecule has 0 aromatic heterocycles. The van der Waals surface area contributed by atoms with Gasteiger partial charge in [0.1, 0.15) is 0 Å². The monoisotopic (exact) mass is 291 g/mol. The lowest BCUT2D eigenvalue weighted by atomic mass is 10.1. The van der Waals surface area contributed by atoms with E-state index in [1.807, 2.05) is 18.2 Å². The molecule has 0 bridgehead atoms. The van der Waals surface area contributed by atoms with Crippen molar-refractivity contribution in [2.45, 2.75) is 24.2 Å². The first-order valence-corrected chi connectivity index (χ1v) is 8.26. The number of sulfonamides is 1. The maximum absolute atomic E-state index is 12.4. The third kappa shape index (κ3) is 2.22. The van der Waals surface area contributed by atoms with Crippen LogP contribution in [0.15, 0.2) is 35.2 Å². The van der Waals surface area contributed by atoms with Gasteiger partial charge in [-0.3, -0.25) is 0 Å². The Kier molecular flexibility index (Phi) is 3.50. The molecule has 20 heavy (non-hydrogen) atoms. The lowest BCUT2D eigenvalue weighted by Gasteiger charge is -2.10. The zero-order valence-corrected chi connectivity index (χ0v) is 11.9. The molecule has 0 aliphatic heterocycles. The maximum Gasteiger partial charge on any atom is 0.241 e. The molecule has 2 aromatic rings. The molecular weight excluding hydrogens is 274 g/mol. The summed E-state index contributed by atoms with van der Waals surface area (Å²) in [5.41, 5.74) is 2.45. The smallest absolute Gasteiger partial charge is 0.241 e. The molecule has 0 amide bonds. The summed E-state index contributed by atoms with van der Waals surface area (Å²) in [6, 6.07) is 9.45. The number of hydrogen-bond donors (Lipinski definition) is 2. The fourth-order valence-electron chi connectivity index (χ4n) is 2.82. The van der Waals surface area contributed by atoms with E-state index in [-0.39, 0.29) is 13.2 Å². The normalized spacial score (nSPS) is 14.1. The minimum Gasteiger partial charge on any atom is -0.396 e. The maximum atomic E-state index is 12.4. The van der Waals surface area contributed by atoms with Gasteiger partial charge in [0.25, 0.3) is 0 Å². The van der Waals surface area contributed by atoms with Crippen LogP contribution in [0.2, 0.25) is 0 Å². The number of aliphatic hydroxyl groups excluding tert-OH is 1. The molecule has 1 aliphatic rings. The summed E-state index contributed by atoms with van der Waals surface area (Å²) < 4.78 is 27.3. The lowest BCUT2D eigenvalue weighted by molar-refractivity contribution is 0.289. The van der Waals surface area contributed by atoms with Crippen LogP contribution < -0.4 is 4.72 Å². The van der Waals surface area contributed by atoms with Gasteiger partial charge in [-0.2, -0.15) is 0 Å². The Morgan fingerprint density at radius 2 is 1.85 bits per heavy atom. The SMILES string of the molecule is O=S(=O)(NCCCO)c1ccc2c3c(cccc13)CC2. The van der Waals surface area contributed by atoms with Crippen LogP contribution in [0, 0.1) is 0 Å². The highest BCUT2D eigenvalue weighted by molar-refractivity contribution is 7.89. The zero-order chi connectivity index (χ0) is 14.2. The van der Waals surface area contributed by atoms with Crippen LogP contribution in [0.25, 0.3) is 10.8 Å². The van der Waals surface area contributed by atoms with Crippen molar-refractivity contribution in [1.82, 2.24) is 4.72 Å². The van der Waals surface area contributed by atoms with Crippen molar-refractivity contribution in [2.24, 2.45) is 0 Å². The highest BCUT2D eigenvalue weighted by Crippen LogP contribution is 2.34. The van der Waals surface area contributed by atoms with Crippen LogP contribution in [0.5, 0.6) is 0 Å². The number of aliphatic hydroxyl groups is 1. The molecule has 2 aromatic carbocycles. The van der Waals surface area contributed by atoms with E-state index in [1.165, 1.54) is 11.1 Å². The third-order valence-corrected chi connectivity index (χ3v) is 5.27. The van der Waals surface area contributed by atoms with Gasteiger partial charge in [-0.25, -0.2) is 13.1 Å². The van der Waals surface area contributed by atoms with Crippen LogP contribution in [0.1, 0.15) is 17.5 Å². The van der Waals surface area contributed by atoms with Crippen molar-refractivity contribution in [3.05, 3.63) is 41.5 Å². The van der Waals surface area contributed by atoms with Crippen molar-refractivity contribution >= 4 is 20.8 Å². The minimum absolute atomic E-state index is 0.0215. The van der Waals surface area contributed by atoms with E-state index in [1.54, 1.807) is 6.07 Å². The molecule has 0 radical (unpaired) electrons. The van der Waals surface area contributed by atoms with E-state index in [9.17, 15) is 8.42 Å². The molecule has 0 fully saturated rings. The van der Waals surface area contributed by atoms with Gasteiger partial charge in [-0.15, -0.1) is 0 Å². The van der Waals surface area contributed by atoms with E-state index < -0.39 is 10.0 Å². The van der Waals surface area contributed by atoms with Crippen LogP contribution in [-0.2, 0) is 22.9 Å². The number of benzene rings is 2. The van der Waals surface area contributed by atoms with Crippen LogP contribution in [-0.4, -0.2) is 26.7 Å². The molecular formula is C15H17NO3S. The van der Waals surface area contributed by atoms with Gasteiger partial charge in [0.2, 0.25) is 10.0 Å². The van der Waals surface area contributed by atoms with E-state index in [0.29, 0.717) is 11.3 Å². The number of nitrogens with one attached hydrogen (secondary N) is 1. The predicted octanol–water partition coefficient (Wildman–Crippen LogP) is 1.60. The standard InChI is InChI=1S/C15H17NO3S/c17-10-2-9-16-20(18,19)14-8-7-12-6-5-11-3-1-4-13(14)15(11)12/h1,3-4,7-8,16-17H,2,5-6,9-10H2. The van der Waals surface area contributed by atoms with Crippen LogP contribution >= 0.6 is 0 Å². The summed E-state index contributed by atoms with van der Waals surface area (Å²) in [4.78, 5) is 0.331. The van der Waals surface area contributed by atoms with Crippen LogP contribution in [0.3, 0.4) is 0 Å². The second-order valence-electron chi connectivity index (χ2n) is 5.04. The van der Waals surface area contributed by atoms with E-state index >= 15 is 0 Å². The van der Waals surface area contributed by atoms with Gasteiger partial charge >= 0.3 is 0 Å². The molecule has 0 heterocycles. The van der Waals surface area contributed by atoms with Gasteiger partial charge in [0.05, 0.1) is 4.90 Å². The number of hydrogen-bond acceptors (Lipinski definition) is 3. The Hall–Kier alpha value is -1.43. The molecule has 4 nitrogen and oxygen atoms in total. The summed E-state index contributed by atoms with van der Waals surface area (Å²) in [5, 5.41) is 10.6. The highest BCUT2D eigenvalue weighted by Gasteiger charge is 2.21. The molecule has 106 valence electrons. The zero-order valence-electron chi connectivity index (χ0n) is 11.1. The summed E-state index contributed by atoms with van der Waals surface area (Å²) >= 11 is 0. The molecule has 0 spiro atoms. The Morgan fingerprint density at radius 3 is 2.60 bits per heavy atom. The third-order valence-electron chi connectivity index (χ3n) is 3.75. The fraction of sp³-hybridized carbons (Fsp3) is 0.333. The average molecular weight is 291 g/mol. The highest BCUT2D eigenvalue weighted by atomic mass is 32.2. The van der Waals surface area contributed by atoms with Gasteiger partial charge in [-0.05, 0) is 41.8 Å². The lowest BCUT2D eigenvalue weighted by Crippen LogP contribution is -2.25. The molecule has 1 aliphatic carbocycles. The van der Waals surface area contributed by atoms with Crippen molar-refractivity contribution in [3.8, 4) is 0 Å². The van der Waals surface area contributed by atoms with E-state index in [4.69, 9.17) is 5.11 Å². The van der Waals surface area contributed by atoms with Gasteiger partial charge in [-0.1, -0.05) is 24.3 Å². The molecule has 0 saturated heterocycles. The fourth-order valence-corrected chi connectivity index (χ4v) is 4.09. The average Bonchev–Trinajstić information content (AvgIpc) is 2.85. The first-order chi connectivity index (χ1) is 9.63. The quantitative estimate of drug-likeness (QED) is 0.822. The van der Waals surface area contributed by atoms with Gasteiger partial charge in [0.15, 0.2) is 0 Å². The van der Waals surface area contributed by atoms with Crippen molar-refractivity contribution < 1.29 is 13.5 Å². The van der Waals surface area contributed by atoms with E-state index in [2.05, 4.69) is 10.8 Å². The predicted molar refractivity (Wildman–Crippen MR) is 78.2 cm³/mol. The topological polar surface area (TPSA) is 66.4 Å². The summed E-state index contributed by atoms with van der Waals surface area (Å²) in [6.45, 7) is 0.230. The first-order valence-electron chi connectivity index (χ1n) is 6.77. The molecule has 0 atom stereocenters. The summed E-state index contributed by atoms with van der Waals surface area (Å²) in [7, 11) is -3.53. The largest absolute Gasteiger partial charge is 0.396 e. The second-order valence-corrected chi connectivity index (χ2v) is 6.77. The molecule has 3 rings (SSSR count). The first kappa shape index (κ1) is 13.5. The van der Waals surface area contributed by atoms with Crippen molar-refractivity contribution in [1.29, 1.82) is 0 Å². The molecule has 0 saturated carbocycles. The van der Waals surface area contributed by atoms with Crippen LogP contribution in [0.4, 0.5) is 0 Å². The number of aryl methyl sites for hydroxylation is 2. The Morgan fingerprint density at radius 1 is 1.10 bits per heavy atom. The summed E-state index contributed by atoms with van der Waals surface area (Å²) in [6.07, 6.45) is 2.38. The minimum atomic E-state index is -3.53. The Balaban J connectivity index is 2.09. The second kappa shape index (κ2) is 5.16. The van der Waals surface area contributed by atoms with Crippen molar-refractivity contribution in [2.75, 3.05) is 13.2 Å². The van der Waals surface area contributed by atoms with Crippen molar-refractivity contribution in [3.63, 3.8) is 0 Å². The summed E-state index contributed by atoms with van der Waals surface area (Å²) in [5.74, 6) is 0. The Bertz CT molecular complexity index is 743. The molecule has 2 N–H and O–H groups in total. The van der Waals surface area contributed by atoms with E-state index in [0.717, 1.165) is 23.6 Å². The molecule has 5 heteroatoms.